The van der Waals surface area contributed by atoms with Crippen LogP contribution in [-0.4, -0.2) is 50.1 Å². The molecule has 38 heavy (non-hydrogen) atoms. The van der Waals surface area contributed by atoms with Crippen LogP contribution in [0.25, 0.3) is 0 Å². The van der Waals surface area contributed by atoms with Gasteiger partial charge in [0, 0.05) is 24.2 Å². The quantitative estimate of drug-likeness (QED) is 0.214. The fraction of sp³-hybridized carbons (Fsp3) is 0.467. The fourth-order valence-electron chi connectivity index (χ4n) is 3.51. The summed E-state index contributed by atoms with van der Waals surface area (Å²) >= 11 is 0. The van der Waals surface area contributed by atoms with Gasteiger partial charge in [0.2, 0.25) is 0 Å². The molecule has 0 unspecified atom stereocenters. The van der Waals surface area contributed by atoms with Gasteiger partial charge in [0.1, 0.15) is 0 Å². The summed E-state index contributed by atoms with van der Waals surface area (Å²) in [5.41, 5.74) is 1.87. The van der Waals surface area contributed by atoms with Crippen molar-refractivity contribution in [2.24, 2.45) is 0 Å². The molecule has 2 rings (SSSR count). The first-order valence-corrected chi connectivity index (χ1v) is 13.6. The minimum atomic E-state index is -0.376. The van der Waals surface area contributed by atoms with Crippen LogP contribution in [0.2, 0.25) is 0 Å². The highest BCUT2D eigenvalue weighted by Crippen LogP contribution is 2.09. The number of hydrogen-bond acceptors (Lipinski definition) is 6. The van der Waals surface area contributed by atoms with Gasteiger partial charge >= 0.3 is 11.9 Å². The number of ether oxygens (including phenoxy) is 2. The molecule has 0 heterocycles. The Morgan fingerprint density at radius 1 is 0.526 bits per heavy atom. The summed E-state index contributed by atoms with van der Waals surface area (Å²) in [4.78, 5) is 48.5. The first-order chi connectivity index (χ1) is 18.5. The molecule has 8 heteroatoms. The van der Waals surface area contributed by atoms with Gasteiger partial charge in [-0.1, -0.05) is 39.5 Å². The molecule has 2 aromatic rings. The van der Waals surface area contributed by atoms with E-state index in [0.29, 0.717) is 48.6 Å². The van der Waals surface area contributed by atoms with E-state index >= 15 is 0 Å². The zero-order valence-corrected chi connectivity index (χ0v) is 22.6. The van der Waals surface area contributed by atoms with Gasteiger partial charge in [-0.2, -0.15) is 0 Å². The summed E-state index contributed by atoms with van der Waals surface area (Å²) in [7, 11) is 0. The lowest BCUT2D eigenvalue weighted by atomic mass is 10.1. The number of esters is 2. The van der Waals surface area contributed by atoms with Crippen molar-refractivity contribution in [2.75, 3.05) is 26.3 Å². The second-order valence-corrected chi connectivity index (χ2v) is 9.06. The summed E-state index contributed by atoms with van der Waals surface area (Å²) in [6.45, 7) is 5.97. The first-order valence-electron chi connectivity index (χ1n) is 13.6. The van der Waals surface area contributed by atoms with E-state index in [-0.39, 0.29) is 23.8 Å². The van der Waals surface area contributed by atoms with E-state index in [4.69, 9.17) is 9.47 Å². The van der Waals surface area contributed by atoms with E-state index in [2.05, 4.69) is 10.6 Å². The molecule has 2 N–H and O–H groups in total. The highest BCUT2D eigenvalue weighted by atomic mass is 16.5. The second-order valence-electron chi connectivity index (χ2n) is 9.06. The summed E-state index contributed by atoms with van der Waals surface area (Å²) in [6, 6.07) is 12.9. The fourth-order valence-corrected chi connectivity index (χ4v) is 3.51. The molecule has 0 aliphatic heterocycles. The van der Waals surface area contributed by atoms with Gasteiger partial charge < -0.3 is 20.1 Å². The lowest BCUT2D eigenvalue weighted by Crippen LogP contribution is -2.25. The number of nitrogens with one attached hydrogen (secondary N) is 2. The topological polar surface area (TPSA) is 111 Å². The number of benzene rings is 2. The van der Waals surface area contributed by atoms with E-state index < -0.39 is 0 Å². The Hall–Kier alpha value is -3.68. The van der Waals surface area contributed by atoms with Crippen molar-refractivity contribution in [3.63, 3.8) is 0 Å². The van der Waals surface area contributed by atoms with Crippen LogP contribution < -0.4 is 10.6 Å². The molecular weight excluding hydrogens is 484 g/mol. The molecule has 0 aromatic heterocycles. The molecule has 8 nitrogen and oxygen atoms in total. The molecule has 0 aliphatic rings. The van der Waals surface area contributed by atoms with Crippen LogP contribution in [-0.2, 0) is 9.47 Å². The Morgan fingerprint density at radius 2 is 0.868 bits per heavy atom. The van der Waals surface area contributed by atoms with Crippen molar-refractivity contribution in [1.82, 2.24) is 10.6 Å². The molecular formula is C30H40N2O6. The van der Waals surface area contributed by atoms with Crippen LogP contribution in [0.3, 0.4) is 0 Å². The van der Waals surface area contributed by atoms with Gasteiger partial charge in [-0.25, -0.2) is 9.59 Å². The van der Waals surface area contributed by atoms with Crippen LogP contribution in [0.15, 0.2) is 48.5 Å². The second kappa shape index (κ2) is 17.7. The minimum absolute atomic E-state index is 0.177. The Kier molecular flexibility index (Phi) is 14.2. The highest BCUT2D eigenvalue weighted by Gasteiger charge is 2.11. The third-order valence-corrected chi connectivity index (χ3v) is 5.90. The number of amides is 2. The zero-order valence-electron chi connectivity index (χ0n) is 22.6. The number of carbonyl (C=O) groups excluding carboxylic acids is 4. The molecule has 206 valence electrons. The van der Waals surface area contributed by atoms with Crippen molar-refractivity contribution < 1.29 is 28.7 Å². The van der Waals surface area contributed by atoms with Crippen LogP contribution in [0.5, 0.6) is 0 Å². The minimum Gasteiger partial charge on any atom is -0.462 e. The maximum Gasteiger partial charge on any atom is 0.338 e. The van der Waals surface area contributed by atoms with E-state index in [1.54, 1.807) is 48.5 Å². The maximum absolute atomic E-state index is 12.3. The lowest BCUT2D eigenvalue weighted by molar-refractivity contribution is 0.0490. The summed E-state index contributed by atoms with van der Waals surface area (Å²) in [5, 5.41) is 5.78. The molecule has 0 spiro atoms. The van der Waals surface area contributed by atoms with Gasteiger partial charge in [-0.15, -0.1) is 0 Å². The van der Waals surface area contributed by atoms with E-state index in [9.17, 15) is 19.2 Å². The number of unbranched alkanes of at least 4 members (excludes halogenated alkanes) is 5. The normalized spacial score (nSPS) is 10.5. The molecule has 0 saturated heterocycles. The Balaban J connectivity index is 1.56. The van der Waals surface area contributed by atoms with Crippen molar-refractivity contribution in [3.05, 3.63) is 70.8 Å². The van der Waals surface area contributed by atoms with Gasteiger partial charge in [0.15, 0.2) is 0 Å². The third-order valence-electron chi connectivity index (χ3n) is 5.90. The van der Waals surface area contributed by atoms with E-state index in [1.165, 1.54) is 0 Å². The van der Waals surface area contributed by atoms with Crippen LogP contribution >= 0.6 is 0 Å². The van der Waals surface area contributed by atoms with Crippen molar-refractivity contribution in [1.29, 1.82) is 0 Å². The predicted molar refractivity (Wildman–Crippen MR) is 146 cm³/mol. The van der Waals surface area contributed by atoms with Gasteiger partial charge in [0.25, 0.3) is 11.8 Å². The number of carbonyl (C=O) groups is 4. The molecule has 0 aliphatic carbocycles. The standard InChI is InChI=1S/C30H40N2O6/c1-3-5-21-37-29(35)25-15-11-23(12-16-25)27(33)31-19-9-7-8-10-20-32-28(34)24-13-17-26(18-14-24)30(36)38-22-6-4-2/h11-18H,3-10,19-22H2,1-2H3,(H,31,33)(H,32,34). The SMILES string of the molecule is CCCCOC(=O)c1ccc(C(=O)NCCCCCCNC(=O)c2ccc(C(=O)OCCCC)cc2)cc1. The molecule has 0 atom stereocenters. The van der Waals surface area contributed by atoms with Crippen LogP contribution in [0.1, 0.15) is 107 Å². The molecule has 2 amide bonds. The van der Waals surface area contributed by atoms with Gasteiger partial charge in [-0.3, -0.25) is 9.59 Å². The summed E-state index contributed by atoms with van der Waals surface area (Å²) in [6.07, 6.45) is 7.08. The van der Waals surface area contributed by atoms with Gasteiger partial charge in [-0.05, 0) is 74.2 Å². The molecule has 0 radical (unpaired) electrons. The number of rotatable bonds is 17. The molecule has 0 saturated carbocycles. The molecule has 0 bridgehead atoms. The summed E-state index contributed by atoms with van der Waals surface area (Å²) in [5.74, 6) is -1.11. The maximum atomic E-state index is 12.3. The lowest BCUT2D eigenvalue weighted by Gasteiger charge is -2.08. The number of hydrogen-bond donors (Lipinski definition) is 2. The van der Waals surface area contributed by atoms with Crippen molar-refractivity contribution in [2.45, 2.75) is 65.2 Å². The smallest absolute Gasteiger partial charge is 0.338 e. The van der Waals surface area contributed by atoms with Gasteiger partial charge in [0.05, 0.1) is 24.3 Å². The monoisotopic (exact) mass is 524 g/mol. The van der Waals surface area contributed by atoms with Crippen molar-refractivity contribution in [3.8, 4) is 0 Å². The first kappa shape index (κ1) is 30.5. The molecule has 0 fully saturated rings. The average Bonchev–Trinajstić information content (AvgIpc) is 2.94. The Morgan fingerprint density at radius 3 is 1.21 bits per heavy atom. The zero-order chi connectivity index (χ0) is 27.6. The largest absolute Gasteiger partial charge is 0.462 e. The summed E-state index contributed by atoms with van der Waals surface area (Å²) < 4.78 is 10.3. The van der Waals surface area contributed by atoms with Crippen LogP contribution in [0.4, 0.5) is 0 Å². The Labute approximate surface area is 225 Å². The predicted octanol–water partition coefficient (Wildman–Crippen LogP) is 5.32. The average molecular weight is 525 g/mol. The van der Waals surface area contributed by atoms with Crippen LogP contribution in [0, 0.1) is 0 Å². The Bertz CT molecular complexity index is 935. The van der Waals surface area contributed by atoms with E-state index in [1.807, 2.05) is 13.8 Å². The molecule has 2 aromatic carbocycles. The third kappa shape index (κ3) is 11.2. The van der Waals surface area contributed by atoms with E-state index in [0.717, 1.165) is 51.4 Å². The highest BCUT2D eigenvalue weighted by molar-refractivity contribution is 5.97. The van der Waals surface area contributed by atoms with Crippen molar-refractivity contribution >= 4 is 23.8 Å².